The van der Waals surface area contributed by atoms with Crippen LogP contribution in [0.15, 0.2) is 77.0 Å². The minimum atomic E-state index is -3.70. The highest BCUT2D eigenvalue weighted by Crippen LogP contribution is 2.16. The molecule has 7 heteroatoms. The van der Waals surface area contributed by atoms with Crippen LogP contribution in [0.1, 0.15) is 33.8 Å². The van der Waals surface area contributed by atoms with Crippen LogP contribution in [0.2, 0.25) is 0 Å². The second kappa shape index (κ2) is 8.47. The standard InChI is InChI=1S/C20H20N2O3S2/c1-15(16-7-3-2-4-8-16)22-20(23)17-9-5-11-19(13-17)27(24,25)21-14-18-10-6-12-26-18/h2-13,15,21H,14H2,1H3,(H,22,23). The Morgan fingerprint density at radius 3 is 2.52 bits per heavy atom. The van der Waals surface area contributed by atoms with Crippen LogP contribution >= 0.6 is 11.3 Å². The number of hydrogen-bond acceptors (Lipinski definition) is 4. The lowest BCUT2D eigenvalue weighted by Crippen LogP contribution is -2.27. The predicted octanol–water partition coefficient (Wildman–Crippen LogP) is 3.72. The summed E-state index contributed by atoms with van der Waals surface area (Å²) in [6.07, 6.45) is 0. The van der Waals surface area contributed by atoms with Crippen molar-refractivity contribution >= 4 is 27.3 Å². The lowest BCUT2D eigenvalue weighted by molar-refractivity contribution is 0.0939. The number of rotatable bonds is 7. The van der Waals surface area contributed by atoms with E-state index in [1.165, 1.54) is 23.5 Å². The summed E-state index contributed by atoms with van der Waals surface area (Å²) in [5.41, 5.74) is 1.28. The second-order valence-corrected chi connectivity index (χ2v) is 8.84. The van der Waals surface area contributed by atoms with Gasteiger partial charge >= 0.3 is 0 Å². The van der Waals surface area contributed by atoms with Crippen LogP contribution in [0.5, 0.6) is 0 Å². The number of benzene rings is 2. The molecular weight excluding hydrogens is 380 g/mol. The molecule has 1 unspecified atom stereocenters. The van der Waals surface area contributed by atoms with Gasteiger partial charge in [0.1, 0.15) is 0 Å². The summed E-state index contributed by atoms with van der Waals surface area (Å²) in [5, 5.41) is 4.78. The van der Waals surface area contributed by atoms with Gasteiger partial charge in [-0.15, -0.1) is 11.3 Å². The molecule has 0 fully saturated rings. The Bertz CT molecular complexity index is 1000. The van der Waals surface area contributed by atoms with Crippen LogP contribution < -0.4 is 10.0 Å². The maximum absolute atomic E-state index is 12.5. The number of carbonyl (C=O) groups is 1. The van der Waals surface area contributed by atoms with E-state index in [0.29, 0.717) is 5.56 Å². The van der Waals surface area contributed by atoms with Crippen molar-refractivity contribution in [1.29, 1.82) is 0 Å². The number of nitrogens with one attached hydrogen (secondary N) is 2. The molecule has 3 aromatic rings. The van der Waals surface area contributed by atoms with Crippen molar-refractivity contribution < 1.29 is 13.2 Å². The summed E-state index contributed by atoms with van der Waals surface area (Å²) in [4.78, 5) is 13.5. The maximum Gasteiger partial charge on any atom is 0.251 e. The van der Waals surface area contributed by atoms with Gasteiger partial charge < -0.3 is 5.32 Å². The van der Waals surface area contributed by atoms with Crippen molar-refractivity contribution in [1.82, 2.24) is 10.0 Å². The Hall–Kier alpha value is -2.48. The van der Waals surface area contributed by atoms with E-state index in [9.17, 15) is 13.2 Å². The normalized spacial score (nSPS) is 12.5. The molecule has 0 aliphatic carbocycles. The van der Waals surface area contributed by atoms with Crippen LogP contribution in [0.4, 0.5) is 0 Å². The molecule has 27 heavy (non-hydrogen) atoms. The fourth-order valence-electron chi connectivity index (χ4n) is 2.57. The molecule has 1 amide bonds. The van der Waals surface area contributed by atoms with E-state index in [2.05, 4.69) is 10.0 Å². The first kappa shape index (κ1) is 19.3. The van der Waals surface area contributed by atoms with Crippen LogP contribution in [-0.2, 0) is 16.6 Å². The van der Waals surface area contributed by atoms with Crippen LogP contribution in [0.3, 0.4) is 0 Å². The molecule has 1 aromatic heterocycles. The summed E-state index contributed by atoms with van der Waals surface area (Å²) < 4.78 is 27.6. The summed E-state index contributed by atoms with van der Waals surface area (Å²) in [6.45, 7) is 2.11. The fraction of sp³-hybridized carbons (Fsp3) is 0.150. The second-order valence-electron chi connectivity index (χ2n) is 6.04. The predicted molar refractivity (Wildman–Crippen MR) is 107 cm³/mol. The lowest BCUT2D eigenvalue weighted by atomic mass is 10.1. The summed E-state index contributed by atoms with van der Waals surface area (Å²) >= 11 is 1.48. The zero-order valence-electron chi connectivity index (χ0n) is 14.8. The largest absolute Gasteiger partial charge is 0.346 e. The first-order chi connectivity index (χ1) is 13.0. The van der Waals surface area contributed by atoms with Gasteiger partial charge in [-0.3, -0.25) is 4.79 Å². The maximum atomic E-state index is 12.5. The Morgan fingerprint density at radius 2 is 1.81 bits per heavy atom. The van der Waals surface area contributed by atoms with Crippen LogP contribution in [0, 0.1) is 0 Å². The van der Waals surface area contributed by atoms with Gasteiger partial charge in [-0.25, -0.2) is 13.1 Å². The molecule has 1 atom stereocenters. The van der Waals surface area contributed by atoms with E-state index in [-0.39, 0.29) is 23.4 Å². The minimum absolute atomic E-state index is 0.0686. The molecule has 0 bridgehead atoms. The highest BCUT2D eigenvalue weighted by atomic mass is 32.2. The Kier molecular flexibility index (Phi) is 6.05. The third-order valence-electron chi connectivity index (χ3n) is 4.07. The molecule has 0 radical (unpaired) electrons. The molecule has 2 aromatic carbocycles. The third-order valence-corrected chi connectivity index (χ3v) is 6.35. The van der Waals surface area contributed by atoms with Gasteiger partial charge in [0.25, 0.3) is 5.91 Å². The summed E-state index contributed by atoms with van der Waals surface area (Å²) in [5.74, 6) is -0.318. The average molecular weight is 401 g/mol. The molecular formula is C20H20N2O3S2. The van der Waals surface area contributed by atoms with Gasteiger partial charge in [-0.2, -0.15) is 0 Å². The van der Waals surface area contributed by atoms with E-state index in [4.69, 9.17) is 0 Å². The topological polar surface area (TPSA) is 75.3 Å². The van der Waals surface area contributed by atoms with E-state index in [1.54, 1.807) is 12.1 Å². The molecule has 2 N–H and O–H groups in total. The Morgan fingerprint density at radius 1 is 1.04 bits per heavy atom. The average Bonchev–Trinajstić information content (AvgIpc) is 3.21. The number of carbonyl (C=O) groups excluding carboxylic acids is 1. The lowest BCUT2D eigenvalue weighted by Gasteiger charge is -2.15. The first-order valence-corrected chi connectivity index (χ1v) is 10.8. The number of hydrogen-bond donors (Lipinski definition) is 2. The highest BCUT2D eigenvalue weighted by Gasteiger charge is 2.17. The molecule has 0 saturated heterocycles. The van der Waals surface area contributed by atoms with E-state index in [0.717, 1.165) is 10.4 Å². The van der Waals surface area contributed by atoms with Gasteiger partial charge in [0.2, 0.25) is 10.0 Å². The van der Waals surface area contributed by atoms with Crippen molar-refractivity contribution in [2.75, 3.05) is 0 Å². The van der Waals surface area contributed by atoms with Crippen molar-refractivity contribution in [2.24, 2.45) is 0 Å². The van der Waals surface area contributed by atoms with Gasteiger partial charge in [0.05, 0.1) is 10.9 Å². The van der Waals surface area contributed by atoms with Crippen molar-refractivity contribution in [3.05, 3.63) is 88.1 Å². The number of sulfonamides is 1. The van der Waals surface area contributed by atoms with E-state index in [1.807, 2.05) is 54.8 Å². The Labute approximate surface area is 163 Å². The monoisotopic (exact) mass is 400 g/mol. The quantitative estimate of drug-likeness (QED) is 0.635. The van der Waals surface area contributed by atoms with Gasteiger partial charge in [0.15, 0.2) is 0 Å². The van der Waals surface area contributed by atoms with Gasteiger partial charge in [-0.05, 0) is 42.1 Å². The molecule has 5 nitrogen and oxygen atoms in total. The molecule has 0 spiro atoms. The molecule has 0 saturated carbocycles. The molecule has 1 heterocycles. The number of thiophene rings is 1. The van der Waals surface area contributed by atoms with Gasteiger partial charge in [-0.1, -0.05) is 42.5 Å². The van der Waals surface area contributed by atoms with Crippen molar-refractivity contribution in [3.63, 3.8) is 0 Å². The molecule has 0 aliphatic rings. The summed E-state index contributed by atoms with van der Waals surface area (Å²) in [7, 11) is -3.70. The molecule has 3 rings (SSSR count). The minimum Gasteiger partial charge on any atom is -0.346 e. The fourth-order valence-corrected chi connectivity index (χ4v) is 4.36. The van der Waals surface area contributed by atoms with Crippen LogP contribution in [0.25, 0.3) is 0 Å². The first-order valence-electron chi connectivity index (χ1n) is 8.43. The van der Waals surface area contributed by atoms with Crippen molar-refractivity contribution in [2.45, 2.75) is 24.4 Å². The van der Waals surface area contributed by atoms with Gasteiger partial charge in [0, 0.05) is 17.0 Å². The highest BCUT2D eigenvalue weighted by molar-refractivity contribution is 7.89. The summed E-state index contributed by atoms with van der Waals surface area (Å²) in [6, 6.07) is 19.2. The van der Waals surface area contributed by atoms with E-state index < -0.39 is 10.0 Å². The zero-order valence-corrected chi connectivity index (χ0v) is 16.4. The third kappa shape index (κ3) is 5.03. The van der Waals surface area contributed by atoms with Crippen molar-refractivity contribution in [3.8, 4) is 0 Å². The molecule has 140 valence electrons. The zero-order chi connectivity index (χ0) is 19.3. The van der Waals surface area contributed by atoms with E-state index >= 15 is 0 Å². The van der Waals surface area contributed by atoms with Crippen LogP contribution in [-0.4, -0.2) is 14.3 Å². The molecule has 0 aliphatic heterocycles. The Balaban J connectivity index is 1.71. The SMILES string of the molecule is CC(NC(=O)c1cccc(S(=O)(=O)NCc2cccs2)c1)c1ccccc1. The smallest absolute Gasteiger partial charge is 0.251 e. The number of amides is 1.